The van der Waals surface area contributed by atoms with Crippen LogP contribution in [0.4, 0.5) is 0 Å². The molecular weight excluding hydrogens is 308 g/mol. The second-order valence-electron chi connectivity index (χ2n) is 6.31. The number of cyclic esters (lactones) is 1. The number of rotatable bonds is 3. The number of ether oxygens (including phenoxy) is 3. The van der Waals surface area contributed by atoms with Crippen LogP contribution < -0.4 is 4.74 Å². The molecule has 0 spiro atoms. The normalized spacial score (nSPS) is 27.0. The summed E-state index contributed by atoms with van der Waals surface area (Å²) in [7, 11) is 1.53. The number of methoxy groups -OCH3 is 1. The van der Waals surface area contributed by atoms with Gasteiger partial charge < -0.3 is 14.2 Å². The number of ketones is 1. The summed E-state index contributed by atoms with van der Waals surface area (Å²) in [5.41, 5.74) is 1.21. The van der Waals surface area contributed by atoms with Crippen molar-refractivity contribution in [2.75, 3.05) is 7.11 Å². The van der Waals surface area contributed by atoms with Crippen molar-refractivity contribution in [1.82, 2.24) is 0 Å². The number of carbonyl (C=O) groups is 2. The van der Waals surface area contributed by atoms with Crippen molar-refractivity contribution in [2.45, 2.75) is 50.4 Å². The fourth-order valence-electron chi connectivity index (χ4n) is 3.49. The highest BCUT2D eigenvalue weighted by Crippen LogP contribution is 2.31. The third-order valence-electron chi connectivity index (χ3n) is 4.51. The van der Waals surface area contributed by atoms with E-state index in [1.807, 2.05) is 12.1 Å². The molecule has 2 aliphatic rings. The van der Waals surface area contributed by atoms with Gasteiger partial charge in [0.25, 0.3) is 0 Å². The lowest BCUT2D eigenvalue weighted by molar-refractivity contribution is -0.137. The summed E-state index contributed by atoms with van der Waals surface area (Å²) < 4.78 is 17.1. The Hall–Kier alpha value is -2.14. The molecule has 0 N–H and O–H groups in total. The Balaban J connectivity index is 2.01. The van der Waals surface area contributed by atoms with Crippen molar-refractivity contribution < 1.29 is 23.8 Å². The maximum atomic E-state index is 12.7. The zero-order valence-electron chi connectivity index (χ0n) is 13.8. The molecule has 0 unspecified atom stereocenters. The Morgan fingerprint density at radius 2 is 2.04 bits per heavy atom. The summed E-state index contributed by atoms with van der Waals surface area (Å²) >= 11 is 0. The van der Waals surface area contributed by atoms with Gasteiger partial charge in [-0.2, -0.15) is 0 Å². The minimum absolute atomic E-state index is 0.199. The minimum Gasteiger partial charge on any atom is -0.496 e. The van der Waals surface area contributed by atoms with Crippen molar-refractivity contribution in [3.8, 4) is 5.75 Å². The predicted molar refractivity (Wildman–Crippen MR) is 88.2 cm³/mol. The van der Waals surface area contributed by atoms with Gasteiger partial charge in [-0.3, -0.25) is 4.79 Å². The molecule has 1 aromatic rings. The second-order valence-corrected chi connectivity index (χ2v) is 6.31. The predicted octanol–water partition coefficient (Wildman–Crippen LogP) is 2.86. The summed E-state index contributed by atoms with van der Waals surface area (Å²) in [6.07, 6.45) is 3.23. The molecule has 0 aromatic heterocycles. The zero-order chi connectivity index (χ0) is 17.1. The topological polar surface area (TPSA) is 61.8 Å². The maximum absolute atomic E-state index is 12.7. The van der Waals surface area contributed by atoms with Gasteiger partial charge in [-0.05, 0) is 11.6 Å². The van der Waals surface area contributed by atoms with E-state index in [0.717, 1.165) is 5.56 Å². The standard InChI is InChI=1S/C19H22O5/c1-3-5-14-11-16-10-13(20)9-15(23-16)8-12-6-4-7-17(22-2)18(12)19(21)24-14/h3-4,6-7,14-16H,1,5,8-11H2,2H3/t14-,15-,16+/m0/s1. The van der Waals surface area contributed by atoms with E-state index in [4.69, 9.17) is 14.2 Å². The highest BCUT2D eigenvalue weighted by molar-refractivity contribution is 5.94. The van der Waals surface area contributed by atoms with E-state index in [-0.39, 0.29) is 30.1 Å². The van der Waals surface area contributed by atoms with Crippen LogP contribution in [0, 0.1) is 0 Å². The van der Waals surface area contributed by atoms with Gasteiger partial charge in [0.15, 0.2) is 0 Å². The highest BCUT2D eigenvalue weighted by Gasteiger charge is 2.34. The molecule has 2 bridgehead atoms. The fraction of sp³-hybridized carbons (Fsp3) is 0.474. The van der Waals surface area contributed by atoms with Crippen molar-refractivity contribution in [3.05, 3.63) is 42.0 Å². The molecule has 2 aliphatic heterocycles. The summed E-state index contributed by atoms with van der Waals surface area (Å²) in [5.74, 6) is 0.291. The van der Waals surface area contributed by atoms with Gasteiger partial charge in [-0.15, -0.1) is 6.58 Å². The molecule has 24 heavy (non-hydrogen) atoms. The van der Waals surface area contributed by atoms with Crippen LogP contribution in [-0.2, 0) is 20.7 Å². The first-order valence-electron chi connectivity index (χ1n) is 8.25. The van der Waals surface area contributed by atoms with E-state index < -0.39 is 0 Å². The van der Waals surface area contributed by atoms with Crippen LogP contribution in [-0.4, -0.2) is 37.2 Å². The lowest BCUT2D eigenvalue weighted by Crippen LogP contribution is -2.38. The number of carbonyl (C=O) groups excluding carboxylic acids is 2. The number of Topliss-reactive ketones (excluding diaryl/α,β-unsaturated/α-hetero) is 1. The monoisotopic (exact) mass is 330 g/mol. The Morgan fingerprint density at radius 3 is 2.79 bits per heavy atom. The third-order valence-corrected chi connectivity index (χ3v) is 4.51. The molecule has 0 amide bonds. The van der Waals surface area contributed by atoms with Gasteiger partial charge in [0.05, 0.1) is 19.3 Å². The zero-order valence-corrected chi connectivity index (χ0v) is 13.8. The van der Waals surface area contributed by atoms with Crippen molar-refractivity contribution in [1.29, 1.82) is 0 Å². The first-order valence-corrected chi connectivity index (χ1v) is 8.25. The summed E-state index contributed by atoms with van der Waals surface area (Å²) in [4.78, 5) is 24.8. The summed E-state index contributed by atoms with van der Waals surface area (Å²) in [6, 6.07) is 5.44. The molecule has 2 heterocycles. The largest absolute Gasteiger partial charge is 0.496 e. The number of hydrogen-bond acceptors (Lipinski definition) is 5. The van der Waals surface area contributed by atoms with Crippen LogP contribution in [0.25, 0.3) is 0 Å². The molecule has 1 saturated heterocycles. The lowest BCUT2D eigenvalue weighted by Gasteiger charge is -2.33. The molecule has 128 valence electrons. The van der Waals surface area contributed by atoms with Gasteiger partial charge in [0, 0.05) is 32.1 Å². The molecule has 5 nitrogen and oxygen atoms in total. The van der Waals surface area contributed by atoms with E-state index in [1.165, 1.54) is 7.11 Å². The maximum Gasteiger partial charge on any atom is 0.342 e. The molecule has 1 aromatic carbocycles. The van der Waals surface area contributed by atoms with Crippen LogP contribution in [0.3, 0.4) is 0 Å². The Morgan fingerprint density at radius 1 is 1.25 bits per heavy atom. The van der Waals surface area contributed by atoms with Gasteiger partial charge in [-0.25, -0.2) is 4.79 Å². The van der Waals surface area contributed by atoms with Gasteiger partial charge >= 0.3 is 5.97 Å². The van der Waals surface area contributed by atoms with E-state index in [0.29, 0.717) is 43.4 Å². The molecule has 5 heteroatoms. The SMILES string of the molecule is C=CC[C@H]1C[C@H]2CC(=O)C[C@H](Cc3cccc(OC)c3C(=O)O1)O2. The molecular formula is C19H22O5. The van der Waals surface area contributed by atoms with Crippen LogP contribution in [0.1, 0.15) is 41.6 Å². The van der Waals surface area contributed by atoms with E-state index >= 15 is 0 Å². The molecule has 1 fully saturated rings. The van der Waals surface area contributed by atoms with Gasteiger partial charge in [-0.1, -0.05) is 18.2 Å². The number of esters is 1. The summed E-state index contributed by atoms with van der Waals surface area (Å²) in [5, 5.41) is 0. The van der Waals surface area contributed by atoms with E-state index in [9.17, 15) is 9.59 Å². The smallest absolute Gasteiger partial charge is 0.342 e. The first-order chi connectivity index (χ1) is 11.6. The molecule has 0 aliphatic carbocycles. The van der Waals surface area contributed by atoms with Crippen LogP contribution in [0.15, 0.2) is 30.9 Å². The molecule has 3 atom stereocenters. The molecule has 0 saturated carbocycles. The quantitative estimate of drug-likeness (QED) is 0.630. The molecule has 0 radical (unpaired) electrons. The number of benzene rings is 1. The number of hydrogen-bond donors (Lipinski definition) is 0. The highest BCUT2D eigenvalue weighted by atomic mass is 16.6. The average molecular weight is 330 g/mol. The van der Waals surface area contributed by atoms with Crippen molar-refractivity contribution in [3.63, 3.8) is 0 Å². The van der Waals surface area contributed by atoms with Gasteiger partial charge in [0.1, 0.15) is 23.2 Å². The Kier molecular flexibility index (Phi) is 5.00. The van der Waals surface area contributed by atoms with E-state index in [1.54, 1.807) is 12.1 Å². The second kappa shape index (κ2) is 7.18. The van der Waals surface area contributed by atoms with Crippen LogP contribution in [0.5, 0.6) is 5.75 Å². The lowest BCUT2D eigenvalue weighted by atomic mass is 9.92. The van der Waals surface area contributed by atoms with E-state index in [2.05, 4.69) is 6.58 Å². The summed E-state index contributed by atoms with van der Waals surface area (Å²) in [6.45, 7) is 3.72. The Bertz CT molecular complexity index is 651. The third kappa shape index (κ3) is 3.51. The number of fused-ring (bicyclic) bond motifs is 3. The minimum atomic E-state index is -0.388. The van der Waals surface area contributed by atoms with Crippen LogP contribution in [0.2, 0.25) is 0 Å². The Labute approximate surface area is 141 Å². The van der Waals surface area contributed by atoms with Crippen LogP contribution >= 0.6 is 0 Å². The molecule has 3 rings (SSSR count). The van der Waals surface area contributed by atoms with Crippen molar-refractivity contribution in [2.24, 2.45) is 0 Å². The van der Waals surface area contributed by atoms with Crippen molar-refractivity contribution >= 4 is 11.8 Å². The average Bonchev–Trinajstić information content (AvgIpc) is 2.53. The first kappa shape index (κ1) is 16.7. The fourth-order valence-corrected chi connectivity index (χ4v) is 3.49. The van der Waals surface area contributed by atoms with Gasteiger partial charge in [0.2, 0.25) is 0 Å².